The number of hydrogen-bond donors (Lipinski definition) is 0. The first-order valence-corrected chi connectivity index (χ1v) is 6.09. The summed E-state index contributed by atoms with van der Waals surface area (Å²) in [6.45, 7) is 2.67. The number of aliphatic imine (C=N–C) groups is 1. The van der Waals surface area contributed by atoms with Gasteiger partial charge in [-0.1, -0.05) is 6.07 Å². The zero-order valence-corrected chi connectivity index (χ0v) is 9.52. The fourth-order valence-corrected chi connectivity index (χ4v) is 2.77. The summed E-state index contributed by atoms with van der Waals surface area (Å²) in [7, 11) is 0. The third-order valence-corrected chi connectivity index (χ3v) is 3.50. The molecule has 0 fully saturated rings. The maximum atomic E-state index is 5.78. The Bertz CT molecular complexity index is 547. The Hall–Kier alpha value is -1.84. The van der Waals surface area contributed by atoms with Crippen molar-refractivity contribution in [2.45, 2.75) is 12.8 Å². The topological polar surface area (TPSA) is 37.7 Å². The van der Waals surface area contributed by atoms with E-state index in [1.807, 2.05) is 12.3 Å². The summed E-state index contributed by atoms with van der Waals surface area (Å²) < 4.78 is 5.78. The van der Waals surface area contributed by atoms with Crippen LogP contribution in [0.15, 0.2) is 29.2 Å². The quantitative estimate of drug-likeness (QED) is 0.676. The highest BCUT2D eigenvalue weighted by atomic mass is 16.5. The van der Waals surface area contributed by atoms with Crippen LogP contribution < -0.4 is 0 Å². The van der Waals surface area contributed by atoms with Crippen molar-refractivity contribution in [3.05, 3.63) is 35.5 Å². The minimum atomic E-state index is 0.781. The van der Waals surface area contributed by atoms with Gasteiger partial charge in [0, 0.05) is 36.8 Å². The normalized spacial score (nSPS) is 21.4. The fourth-order valence-electron chi connectivity index (χ4n) is 2.77. The van der Waals surface area contributed by atoms with E-state index < -0.39 is 0 Å². The minimum Gasteiger partial charge on any atom is -0.478 e. The van der Waals surface area contributed by atoms with Crippen molar-refractivity contribution in [2.24, 2.45) is 4.99 Å². The van der Waals surface area contributed by atoms with Crippen LogP contribution in [0, 0.1) is 0 Å². The van der Waals surface area contributed by atoms with Crippen LogP contribution in [0.3, 0.4) is 0 Å². The Morgan fingerprint density at radius 1 is 1.35 bits per heavy atom. The van der Waals surface area contributed by atoms with Gasteiger partial charge in [0.15, 0.2) is 11.7 Å². The number of nitrogens with zero attached hydrogens (tertiary/aromatic N) is 3. The summed E-state index contributed by atoms with van der Waals surface area (Å²) in [6.07, 6.45) is 3.92. The molecule has 3 aliphatic rings. The van der Waals surface area contributed by atoms with E-state index in [0.29, 0.717) is 0 Å². The molecule has 1 aromatic heterocycles. The number of pyridine rings is 1. The second-order valence-electron chi connectivity index (χ2n) is 4.49. The molecule has 3 aliphatic heterocycles. The van der Waals surface area contributed by atoms with Crippen LogP contribution >= 0.6 is 0 Å². The van der Waals surface area contributed by atoms with Crippen molar-refractivity contribution in [2.75, 3.05) is 19.7 Å². The molecule has 0 saturated heterocycles. The summed E-state index contributed by atoms with van der Waals surface area (Å²) in [4.78, 5) is 11.3. The van der Waals surface area contributed by atoms with Gasteiger partial charge in [0.2, 0.25) is 0 Å². The standard InChI is InChI=1S/C13H13N3O/c1-3-9-10-4-8-17-13(10)16-7-2-6-15-12(16)11(9)14-5-1/h1,3,5H,2,4,6-8H2. The second-order valence-corrected chi connectivity index (χ2v) is 4.49. The van der Waals surface area contributed by atoms with Crippen molar-refractivity contribution in [1.29, 1.82) is 0 Å². The summed E-state index contributed by atoms with van der Waals surface area (Å²) in [5.41, 5.74) is 3.53. The molecule has 0 radical (unpaired) electrons. The molecule has 0 atom stereocenters. The SMILES string of the molecule is c1cnc2c(c1)C1=C(OCC1)N1CCCN=C21. The average molecular weight is 227 g/mol. The smallest absolute Gasteiger partial charge is 0.199 e. The van der Waals surface area contributed by atoms with Crippen molar-refractivity contribution < 1.29 is 4.74 Å². The maximum absolute atomic E-state index is 5.78. The zero-order valence-electron chi connectivity index (χ0n) is 9.52. The van der Waals surface area contributed by atoms with E-state index in [-0.39, 0.29) is 0 Å². The molecule has 0 spiro atoms. The first-order chi connectivity index (χ1) is 8.45. The lowest BCUT2D eigenvalue weighted by Crippen LogP contribution is -2.39. The molecule has 0 aliphatic carbocycles. The van der Waals surface area contributed by atoms with Gasteiger partial charge < -0.3 is 4.74 Å². The number of hydrogen-bond acceptors (Lipinski definition) is 4. The van der Waals surface area contributed by atoms with Gasteiger partial charge in [-0.15, -0.1) is 0 Å². The van der Waals surface area contributed by atoms with Crippen LogP contribution in [0.2, 0.25) is 0 Å². The highest BCUT2D eigenvalue weighted by Crippen LogP contribution is 2.38. The minimum absolute atomic E-state index is 0.781. The van der Waals surface area contributed by atoms with Crippen molar-refractivity contribution >= 4 is 11.4 Å². The van der Waals surface area contributed by atoms with Crippen LogP contribution in [-0.2, 0) is 4.74 Å². The molecule has 4 heterocycles. The maximum Gasteiger partial charge on any atom is 0.199 e. The lowest BCUT2D eigenvalue weighted by Gasteiger charge is -2.33. The molecule has 4 rings (SSSR count). The van der Waals surface area contributed by atoms with E-state index in [1.165, 1.54) is 11.1 Å². The van der Waals surface area contributed by atoms with Gasteiger partial charge in [0.05, 0.1) is 6.61 Å². The Labute approximate surface area is 99.6 Å². The van der Waals surface area contributed by atoms with E-state index in [0.717, 1.165) is 50.0 Å². The molecule has 0 aromatic carbocycles. The molecule has 4 heteroatoms. The molecular weight excluding hydrogens is 214 g/mol. The molecule has 4 nitrogen and oxygen atoms in total. The van der Waals surface area contributed by atoms with Gasteiger partial charge in [0.1, 0.15) is 5.69 Å². The molecule has 0 unspecified atom stereocenters. The molecular formula is C13H13N3O. The van der Waals surface area contributed by atoms with Gasteiger partial charge in [0.25, 0.3) is 0 Å². The van der Waals surface area contributed by atoms with Crippen LogP contribution in [0.4, 0.5) is 0 Å². The number of amidine groups is 1. The third-order valence-electron chi connectivity index (χ3n) is 3.50. The van der Waals surface area contributed by atoms with Crippen LogP contribution in [-0.4, -0.2) is 35.4 Å². The lowest BCUT2D eigenvalue weighted by molar-refractivity contribution is 0.173. The van der Waals surface area contributed by atoms with Gasteiger partial charge in [-0.05, 0) is 12.5 Å². The molecule has 0 N–H and O–H groups in total. The van der Waals surface area contributed by atoms with Gasteiger partial charge in [-0.25, -0.2) is 0 Å². The predicted molar refractivity (Wildman–Crippen MR) is 64.5 cm³/mol. The Morgan fingerprint density at radius 3 is 3.35 bits per heavy atom. The number of fused-ring (bicyclic) bond motifs is 5. The van der Waals surface area contributed by atoms with Crippen molar-refractivity contribution in [1.82, 2.24) is 9.88 Å². The molecule has 0 amide bonds. The third kappa shape index (κ3) is 1.18. The van der Waals surface area contributed by atoms with Crippen LogP contribution in [0.5, 0.6) is 0 Å². The zero-order chi connectivity index (χ0) is 11.2. The highest BCUT2D eigenvalue weighted by molar-refractivity contribution is 6.05. The fraction of sp³-hybridized carbons (Fsp3) is 0.385. The van der Waals surface area contributed by atoms with E-state index in [2.05, 4.69) is 20.9 Å². The number of ether oxygens (including phenoxy) is 1. The average Bonchev–Trinajstić information content (AvgIpc) is 2.89. The monoisotopic (exact) mass is 227 g/mol. The van der Waals surface area contributed by atoms with E-state index in [1.54, 1.807) is 0 Å². The molecule has 0 saturated carbocycles. The van der Waals surface area contributed by atoms with E-state index in [4.69, 9.17) is 4.74 Å². The van der Waals surface area contributed by atoms with E-state index in [9.17, 15) is 0 Å². The first-order valence-electron chi connectivity index (χ1n) is 6.09. The summed E-state index contributed by atoms with van der Waals surface area (Å²) in [5, 5.41) is 0. The first kappa shape index (κ1) is 9.22. The molecule has 1 aromatic rings. The van der Waals surface area contributed by atoms with Gasteiger partial charge >= 0.3 is 0 Å². The second kappa shape index (κ2) is 3.32. The van der Waals surface area contributed by atoms with Crippen LogP contribution in [0.1, 0.15) is 24.1 Å². The van der Waals surface area contributed by atoms with Crippen molar-refractivity contribution in [3.63, 3.8) is 0 Å². The van der Waals surface area contributed by atoms with E-state index >= 15 is 0 Å². The van der Waals surface area contributed by atoms with Gasteiger partial charge in [-0.2, -0.15) is 0 Å². The van der Waals surface area contributed by atoms with Gasteiger partial charge in [-0.3, -0.25) is 14.9 Å². The summed E-state index contributed by atoms with van der Waals surface area (Å²) in [6, 6.07) is 4.11. The number of aromatic nitrogens is 1. The Balaban J connectivity index is 2.00. The largest absolute Gasteiger partial charge is 0.478 e. The Kier molecular flexibility index (Phi) is 1.80. The lowest BCUT2D eigenvalue weighted by atomic mass is 9.97. The molecule has 17 heavy (non-hydrogen) atoms. The molecule has 0 bridgehead atoms. The van der Waals surface area contributed by atoms with Crippen molar-refractivity contribution in [3.8, 4) is 0 Å². The highest BCUT2D eigenvalue weighted by Gasteiger charge is 2.35. The predicted octanol–water partition coefficient (Wildman–Crippen LogP) is 1.64. The summed E-state index contributed by atoms with van der Waals surface area (Å²) >= 11 is 0. The Morgan fingerprint density at radius 2 is 2.35 bits per heavy atom. The van der Waals surface area contributed by atoms with Crippen LogP contribution in [0.25, 0.3) is 5.57 Å². The molecule has 86 valence electrons. The summed E-state index contributed by atoms with van der Waals surface area (Å²) in [5.74, 6) is 2.01. The number of rotatable bonds is 0.